The van der Waals surface area contributed by atoms with Crippen molar-refractivity contribution in [2.45, 2.75) is 81.8 Å². The van der Waals surface area contributed by atoms with Crippen molar-refractivity contribution in [1.29, 1.82) is 5.26 Å². The normalized spacial score (nSPS) is 22.0. The van der Waals surface area contributed by atoms with E-state index in [-0.39, 0.29) is 35.9 Å². The summed E-state index contributed by atoms with van der Waals surface area (Å²) in [5, 5.41) is 10.3. The lowest BCUT2D eigenvalue weighted by molar-refractivity contribution is -0.139. The maximum absolute atomic E-state index is 13.7. The van der Waals surface area contributed by atoms with E-state index in [1.807, 2.05) is 12.1 Å². The van der Waals surface area contributed by atoms with Gasteiger partial charge in [-0.3, -0.25) is 14.4 Å². The van der Waals surface area contributed by atoms with Crippen LogP contribution in [0.25, 0.3) is 0 Å². The smallest absolute Gasteiger partial charge is 0.257 e. The molecule has 192 valence electrons. The highest BCUT2D eigenvalue weighted by molar-refractivity contribution is 8.00. The van der Waals surface area contributed by atoms with Crippen molar-refractivity contribution >= 4 is 35.2 Å². The molecule has 0 spiro atoms. The van der Waals surface area contributed by atoms with Gasteiger partial charge in [0.25, 0.3) is 5.91 Å². The molecule has 2 unspecified atom stereocenters. The summed E-state index contributed by atoms with van der Waals surface area (Å²) >= 11 is 1.27. The van der Waals surface area contributed by atoms with Crippen molar-refractivity contribution in [1.82, 2.24) is 9.88 Å². The largest absolute Gasteiger partial charge is 0.326 e. The molecule has 1 aromatic heterocycles. The maximum Gasteiger partial charge on any atom is 0.257 e. The number of carbonyl (C=O) groups is 3. The van der Waals surface area contributed by atoms with Crippen LogP contribution >= 0.6 is 11.8 Å². The number of amides is 3. The molecule has 2 aromatic rings. The molecule has 3 aliphatic rings. The van der Waals surface area contributed by atoms with E-state index in [0.29, 0.717) is 22.2 Å². The molecule has 8 heteroatoms. The number of hydrogen-bond donors (Lipinski definition) is 0. The van der Waals surface area contributed by atoms with Gasteiger partial charge in [-0.1, -0.05) is 56.1 Å². The molecule has 1 saturated heterocycles. The van der Waals surface area contributed by atoms with Gasteiger partial charge in [-0.25, -0.2) is 9.88 Å². The van der Waals surface area contributed by atoms with Crippen molar-refractivity contribution in [3.8, 4) is 6.07 Å². The highest BCUT2D eigenvalue weighted by Crippen LogP contribution is 2.33. The van der Waals surface area contributed by atoms with Crippen molar-refractivity contribution in [2.24, 2.45) is 5.92 Å². The first kappa shape index (κ1) is 25.5. The van der Waals surface area contributed by atoms with E-state index in [1.54, 1.807) is 29.2 Å². The predicted molar refractivity (Wildman–Crippen MR) is 142 cm³/mol. The van der Waals surface area contributed by atoms with Gasteiger partial charge in [-0.15, -0.1) is 0 Å². The maximum atomic E-state index is 13.7. The molecule has 5 rings (SSSR count). The van der Waals surface area contributed by atoms with Crippen LogP contribution in [0.1, 0.15) is 68.7 Å². The van der Waals surface area contributed by atoms with Crippen LogP contribution in [0.3, 0.4) is 0 Å². The average molecular weight is 517 g/mol. The van der Waals surface area contributed by atoms with Crippen molar-refractivity contribution in [3.63, 3.8) is 0 Å². The number of benzene rings is 1. The fourth-order valence-electron chi connectivity index (χ4n) is 5.90. The fourth-order valence-corrected chi connectivity index (χ4v) is 6.74. The number of carbonyl (C=O) groups excluding carboxylic acids is 3. The summed E-state index contributed by atoms with van der Waals surface area (Å²) in [4.78, 5) is 47.9. The summed E-state index contributed by atoms with van der Waals surface area (Å²) in [6.07, 6.45) is 7.66. The van der Waals surface area contributed by atoms with Crippen molar-refractivity contribution in [3.05, 3.63) is 53.2 Å². The number of anilines is 1. The van der Waals surface area contributed by atoms with Gasteiger partial charge in [0.05, 0.1) is 23.4 Å². The minimum Gasteiger partial charge on any atom is -0.326 e. The van der Waals surface area contributed by atoms with Crippen LogP contribution in [0.5, 0.6) is 0 Å². The van der Waals surface area contributed by atoms with E-state index in [4.69, 9.17) is 4.98 Å². The van der Waals surface area contributed by atoms with Crippen LogP contribution in [0.4, 0.5) is 5.69 Å². The number of aryl methyl sites for hydroxylation is 1. The van der Waals surface area contributed by atoms with E-state index in [9.17, 15) is 19.6 Å². The van der Waals surface area contributed by atoms with E-state index in [2.05, 4.69) is 13.0 Å². The quantitative estimate of drug-likeness (QED) is 0.409. The Bertz CT molecular complexity index is 1240. The number of hydrogen-bond acceptors (Lipinski definition) is 6. The topological polar surface area (TPSA) is 94.4 Å². The van der Waals surface area contributed by atoms with E-state index in [1.165, 1.54) is 16.7 Å². The van der Waals surface area contributed by atoms with Gasteiger partial charge in [-0.2, -0.15) is 5.26 Å². The summed E-state index contributed by atoms with van der Waals surface area (Å²) in [5.74, 6) is -0.128. The van der Waals surface area contributed by atoms with Gasteiger partial charge in [0.1, 0.15) is 17.1 Å². The molecule has 2 fully saturated rings. The zero-order chi connectivity index (χ0) is 25.9. The molecule has 7 nitrogen and oxygen atoms in total. The number of imide groups is 1. The third-order valence-corrected chi connectivity index (χ3v) is 8.76. The second kappa shape index (κ2) is 11.1. The zero-order valence-electron chi connectivity index (χ0n) is 21.2. The van der Waals surface area contributed by atoms with E-state index >= 15 is 0 Å². The summed E-state index contributed by atoms with van der Waals surface area (Å²) in [7, 11) is 0. The van der Waals surface area contributed by atoms with Crippen LogP contribution in [0.2, 0.25) is 0 Å². The lowest BCUT2D eigenvalue weighted by Crippen LogP contribution is -2.52. The molecule has 2 aliphatic carbocycles. The average Bonchev–Trinajstić information content (AvgIpc) is 3.21. The number of fused-ring (bicyclic) bond motifs is 1. The number of thioether (sulfide) groups is 1. The molecule has 3 amide bonds. The molecule has 0 radical (unpaired) electrons. The SMILES string of the molecule is CC1CCc2nc(SCC(=O)N(C3CCCCC3)C3CC(=O)N(c4ccccc4)C3=O)c(C#N)cc2C1. The minimum atomic E-state index is -0.794. The zero-order valence-corrected chi connectivity index (χ0v) is 22.0. The van der Waals surface area contributed by atoms with Crippen LogP contribution in [-0.4, -0.2) is 45.4 Å². The van der Waals surface area contributed by atoms with Gasteiger partial charge < -0.3 is 4.90 Å². The Balaban J connectivity index is 1.37. The van der Waals surface area contributed by atoms with Crippen LogP contribution in [0, 0.1) is 17.2 Å². The first-order valence-corrected chi connectivity index (χ1v) is 14.2. The summed E-state index contributed by atoms with van der Waals surface area (Å²) in [6.45, 7) is 2.21. The lowest BCUT2D eigenvalue weighted by atomic mass is 9.87. The lowest BCUT2D eigenvalue weighted by Gasteiger charge is -2.37. The molecule has 0 bridgehead atoms. The third-order valence-electron chi connectivity index (χ3n) is 7.78. The Kier molecular flexibility index (Phi) is 7.61. The predicted octanol–water partition coefficient (Wildman–Crippen LogP) is 4.66. The van der Waals surface area contributed by atoms with Gasteiger partial charge >= 0.3 is 0 Å². The molecule has 2 atom stereocenters. The summed E-state index contributed by atoms with van der Waals surface area (Å²) in [5.41, 5.74) is 3.19. The number of pyridine rings is 1. The number of aromatic nitrogens is 1. The molecule has 1 aliphatic heterocycles. The molecule has 0 N–H and O–H groups in total. The minimum absolute atomic E-state index is 0.000636. The molecular weight excluding hydrogens is 484 g/mol. The Labute approximate surface area is 222 Å². The standard InChI is InChI=1S/C29H32N4O3S/c1-19-12-13-24-20(14-19)15-21(17-30)28(31-24)37-18-27(35)32(22-8-4-2-5-9-22)25-16-26(34)33(29(25)36)23-10-6-3-7-11-23/h3,6-7,10-11,15,19,22,25H,2,4-5,8-9,12-14,16,18H2,1H3. The molecule has 1 saturated carbocycles. The Hall–Kier alpha value is -3.18. The van der Waals surface area contributed by atoms with Crippen LogP contribution in [-0.2, 0) is 27.2 Å². The Morgan fingerprint density at radius 1 is 1.14 bits per heavy atom. The number of rotatable bonds is 6. The molecule has 1 aromatic carbocycles. The second-order valence-corrected chi connectivity index (χ2v) is 11.4. The highest BCUT2D eigenvalue weighted by Gasteiger charge is 2.46. The number of nitriles is 1. The van der Waals surface area contributed by atoms with E-state index in [0.717, 1.165) is 62.6 Å². The second-order valence-electron chi connectivity index (χ2n) is 10.4. The Morgan fingerprint density at radius 2 is 1.89 bits per heavy atom. The number of nitrogens with zero attached hydrogens (tertiary/aromatic N) is 4. The fraction of sp³-hybridized carbons (Fsp3) is 0.483. The first-order valence-electron chi connectivity index (χ1n) is 13.2. The van der Waals surface area contributed by atoms with Gasteiger partial charge in [0.2, 0.25) is 11.8 Å². The van der Waals surface area contributed by atoms with Crippen LogP contribution in [0.15, 0.2) is 41.4 Å². The third kappa shape index (κ3) is 5.28. The monoisotopic (exact) mass is 516 g/mol. The first-order chi connectivity index (χ1) is 18.0. The summed E-state index contributed by atoms with van der Waals surface area (Å²) in [6, 6.07) is 12.2. The van der Waals surface area contributed by atoms with Crippen molar-refractivity contribution in [2.75, 3.05) is 10.7 Å². The molecule has 2 heterocycles. The van der Waals surface area contributed by atoms with Crippen LogP contribution < -0.4 is 4.90 Å². The van der Waals surface area contributed by atoms with E-state index < -0.39 is 6.04 Å². The van der Waals surface area contributed by atoms with Gasteiger partial charge in [0.15, 0.2) is 0 Å². The highest BCUT2D eigenvalue weighted by atomic mass is 32.2. The van der Waals surface area contributed by atoms with Gasteiger partial charge in [0, 0.05) is 11.7 Å². The van der Waals surface area contributed by atoms with Gasteiger partial charge in [-0.05, 0) is 61.8 Å². The summed E-state index contributed by atoms with van der Waals surface area (Å²) < 4.78 is 0. The van der Waals surface area contributed by atoms with Crippen molar-refractivity contribution < 1.29 is 14.4 Å². The Morgan fingerprint density at radius 3 is 2.62 bits per heavy atom. The number of para-hydroxylation sites is 1. The molecule has 37 heavy (non-hydrogen) atoms. The molecular formula is C29H32N4O3S.